The Labute approximate surface area is 115 Å². The highest BCUT2D eigenvalue weighted by atomic mass is 32.1. The normalized spacial score (nSPS) is 11.2. The molecule has 0 spiro atoms. The summed E-state index contributed by atoms with van der Waals surface area (Å²) in [6.07, 6.45) is 0. The monoisotopic (exact) mass is 298 g/mol. The van der Waals surface area contributed by atoms with E-state index in [1.54, 1.807) is 0 Å². The third-order valence-corrected chi connectivity index (χ3v) is 3.16. The van der Waals surface area contributed by atoms with Gasteiger partial charge in [-0.3, -0.25) is 4.57 Å². The summed E-state index contributed by atoms with van der Waals surface area (Å²) in [5, 5.41) is 0. The lowest BCUT2D eigenvalue weighted by molar-refractivity contribution is 0.535. The molecule has 0 atom stereocenters. The lowest BCUT2D eigenvalue weighted by Crippen LogP contribution is -2.02. The third-order valence-electron chi connectivity index (χ3n) is 2.87. The van der Waals surface area contributed by atoms with Crippen molar-refractivity contribution in [2.75, 3.05) is 0 Å². The van der Waals surface area contributed by atoms with Crippen LogP contribution < -0.4 is 0 Å². The number of para-hydroxylation sites is 1. The number of imidazole rings is 1. The molecule has 0 saturated heterocycles. The van der Waals surface area contributed by atoms with E-state index in [0.717, 1.165) is 4.57 Å². The number of aromatic nitrogens is 2. The van der Waals surface area contributed by atoms with Crippen molar-refractivity contribution in [3.8, 4) is 5.69 Å². The van der Waals surface area contributed by atoms with E-state index >= 15 is 0 Å². The molecular formula is C13H6F4N2S. The number of nitrogens with one attached hydrogen (secondary N) is 1. The first-order chi connectivity index (χ1) is 9.49. The van der Waals surface area contributed by atoms with Crippen LogP contribution in [-0.4, -0.2) is 9.55 Å². The number of benzene rings is 2. The van der Waals surface area contributed by atoms with E-state index in [0.29, 0.717) is 12.1 Å². The van der Waals surface area contributed by atoms with Crippen LogP contribution in [0.15, 0.2) is 30.3 Å². The Hall–Kier alpha value is -2.15. The minimum absolute atomic E-state index is 0.0284. The van der Waals surface area contributed by atoms with E-state index in [4.69, 9.17) is 12.2 Å². The van der Waals surface area contributed by atoms with E-state index in [2.05, 4.69) is 4.98 Å². The van der Waals surface area contributed by atoms with Crippen LogP contribution in [0.4, 0.5) is 17.6 Å². The van der Waals surface area contributed by atoms with Gasteiger partial charge in [0.05, 0.1) is 5.52 Å². The second-order valence-corrected chi connectivity index (χ2v) is 4.50. The SMILES string of the molecule is Fc1cc(F)c(-n2c(=S)[nH]c3c(F)cccc32)c(F)c1. The molecule has 0 fully saturated rings. The van der Waals surface area contributed by atoms with E-state index in [1.165, 1.54) is 18.2 Å². The predicted octanol–water partition coefficient (Wildman–Crippen LogP) is 4.24. The van der Waals surface area contributed by atoms with Gasteiger partial charge >= 0.3 is 0 Å². The van der Waals surface area contributed by atoms with Gasteiger partial charge in [-0.25, -0.2) is 17.6 Å². The Morgan fingerprint density at radius 2 is 1.60 bits per heavy atom. The second kappa shape index (κ2) is 4.45. The van der Waals surface area contributed by atoms with Gasteiger partial charge in [-0.15, -0.1) is 0 Å². The van der Waals surface area contributed by atoms with Gasteiger partial charge in [-0.2, -0.15) is 0 Å². The molecule has 3 aromatic rings. The highest BCUT2D eigenvalue weighted by molar-refractivity contribution is 7.71. The summed E-state index contributed by atoms with van der Waals surface area (Å²) in [5.41, 5.74) is -0.353. The summed E-state index contributed by atoms with van der Waals surface area (Å²) >= 11 is 4.96. The zero-order valence-electron chi connectivity index (χ0n) is 9.75. The summed E-state index contributed by atoms with van der Waals surface area (Å²) < 4.78 is 55.1. The second-order valence-electron chi connectivity index (χ2n) is 4.12. The zero-order valence-corrected chi connectivity index (χ0v) is 10.6. The van der Waals surface area contributed by atoms with Crippen molar-refractivity contribution in [3.63, 3.8) is 0 Å². The molecule has 0 aliphatic rings. The zero-order chi connectivity index (χ0) is 14.4. The van der Waals surface area contributed by atoms with Crippen molar-refractivity contribution in [1.82, 2.24) is 9.55 Å². The molecule has 1 heterocycles. The van der Waals surface area contributed by atoms with Crippen LogP contribution in [-0.2, 0) is 0 Å². The number of rotatable bonds is 1. The minimum Gasteiger partial charge on any atom is -0.328 e. The maximum Gasteiger partial charge on any atom is 0.183 e. The fourth-order valence-electron chi connectivity index (χ4n) is 2.07. The number of aromatic amines is 1. The molecule has 0 radical (unpaired) electrons. The maximum absolute atomic E-state index is 13.8. The third kappa shape index (κ3) is 1.82. The molecule has 0 bridgehead atoms. The molecule has 0 aliphatic heterocycles. The van der Waals surface area contributed by atoms with Gasteiger partial charge in [0.1, 0.15) is 22.8 Å². The van der Waals surface area contributed by atoms with Crippen molar-refractivity contribution >= 4 is 23.3 Å². The number of H-pyrrole nitrogens is 1. The average molecular weight is 298 g/mol. The van der Waals surface area contributed by atoms with Gasteiger partial charge in [0.2, 0.25) is 0 Å². The molecule has 0 unspecified atom stereocenters. The minimum atomic E-state index is -1.12. The molecule has 0 aliphatic carbocycles. The van der Waals surface area contributed by atoms with Crippen LogP contribution in [0.1, 0.15) is 0 Å². The van der Waals surface area contributed by atoms with Crippen molar-refractivity contribution in [3.05, 3.63) is 58.4 Å². The number of hydrogen-bond acceptors (Lipinski definition) is 1. The van der Waals surface area contributed by atoms with Crippen LogP contribution in [0.2, 0.25) is 0 Å². The molecule has 2 nitrogen and oxygen atoms in total. The van der Waals surface area contributed by atoms with Gasteiger partial charge in [0, 0.05) is 12.1 Å². The largest absolute Gasteiger partial charge is 0.328 e. The van der Waals surface area contributed by atoms with Crippen LogP contribution in [0.3, 0.4) is 0 Å². The number of fused-ring (bicyclic) bond motifs is 1. The van der Waals surface area contributed by atoms with E-state index in [9.17, 15) is 17.6 Å². The van der Waals surface area contributed by atoms with Crippen LogP contribution in [0.5, 0.6) is 0 Å². The van der Waals surface area contributed by atoms with Gasteiger partial charge < -0.3 is 4.98 Å². The molecule has 0 amide bonds. The topological polar surface area (TPSA) is 20.7 Å². The van der Waals surface area contributed by atoms with Crippen molar-refractivity contribution < 1.29 is 17.6 Å². The van der Waals surface area contributed by atoms with E-state index in [-0.39, 0.29) is 15.8 Å². The highest BCUT2D eigenvalue weighted by Gasteiger charge is 2.18. The number of nitrogens with zero attached hydrogens (tertiary/aromatic N) is 1. The first kappa shape index (κ1) is 12.9. The molecule has 2 aromatic carbocycles. The van der Waals surface area contributed by atoms with Gasteiger partial charge in [-0.1, -0.05) is 6.07 Å². The summed E-state index contributed by atoms with van der Waals surface area (Å²) in [6, 6.07) is 5.11. The summed E-state index contributed by atoms with van der Waals surface area (Å²) in [4.78, 5) is 2.54. The Morgan fingerprint density at radius 3 is 2.25 bits per heavy atom. The first-order valence-electron chi connectivity index (χ1n) is 5.53. The molecule has 102 valence electrons. The fraction of sp³-hybridized carbons (Fsp3) is 0. The summed E-state index contributed by atoms with van der Waals surface area (Å²) in [6.45, 7) is 0. The van der Waals surface area contributed by atoms with Crippen LogP contribution in [0.25, 0.3) is 16.7 Å². The van der Waals surface area contributed by atoms with Crippen molar-refractivity contribution in [2.24, 2.45) is 0 Å². The molecule has 1 N–H and O–H groups in total. The van der Waals surface area contributed by atoms with Crippen molar-refractivity contribution in [2.45, 2.75) is 0 Å². The van der Waals surface area contributed by atoms with E-state index in [1.807, 2.05) is 0 Å². The molecule has 3 rings (SSSR count). The Morgan fingerprint density at radius 1 is 0.950 bits per heavy atom. The summed E-state index contributed by atoms with van der Waals surface area (Å²) in [5.74, 6) is -3.89. The molecule has 20 heavy (non-hydrogen) atoms. The van der Waals surface area contributed by atoms with Crippen molar-refractivity contribution in [1.29, 1.82) is 0 Å². The Balaban J connectivity index is 2.45. The Kier molecular flexibility index (Phi) is 2.86. The fourth-order valence-corrected chi connectivity index (χ4v) is 2.36. The van der Waals surface area contributed by atoms with Gasteiger partial charge in [-0.05, 0) is 24.4 Å². The lowest BCUT2D eigenvalue weighted by Gasteiger charge is -2.07. The standard InChI is InChI=1S/C13H6F4N2S/c14-6-4-8(16)12(9(17)5-6)19-10-3-1-2-7(15)11(10)18-13(19)20/h1-5H,(H,18,20). The highest BCUT2D eigenvalue weighted by Crippen LogP contribution is 2.26. The van der Waals surface area contributed by atoms with Gasteiger partial charge in [0.15, 0.2) is 16.4 Å². The smallest absolute Gasteiger partial charge is 0.183 e. The lowest BCUT2D eigenvalue weighted by atomic mass is 10.2. The quantitative estimate of drug-likeness (QED) is 0.526. The molecule has 7 heteroatoms. The van der Waals surface area contributed by atoms with Crippen LogP contribution in [0, 0.1) is 28.0 Å². The van der Waals surface area contributed by atoms with E-state index < -0.39 is 29.0 Å². The molecule has 0 saturated carbocycles. The number of hydrogen-bond donors (Lipinski definition) is 1. The number of halogens is 4. The Bertz CT molecular complexity index is 859. The average Bonchev–Trinajstić information content (AvgIpc) is 2.67. The first-order valence-corrected chi connectivity index (χ1v) is 5.94. The van der Waals surface area contributed by atoms with Crippen LogP contribution >= 0.6 is 12.2 Å². The maximum atomic E-state index is 13.8. The molecule has 1 aromatic heterocycles. The predicted molar refractivity (Wildman–Crippen MR) is 68.3 cm³/mol. The molecular weight excluding hydrogens is 292 g/mol. The van der Waals surface area contributed by atoms with Gasteiger partial charge in [0.25, 0.3) is 0 Å². The summed E-state index contributed by atoms with van der Waals surface area (Å²) in [7, 11) is 0.